The number of carboxylic acid groups (broad SMARTS) is 1. The maximum absolute atomic E-state index is 12.4. The quantitative estimate of drug-likeness (QED) is 0.894. The van der Waals surface area contributed by atoms with Crippen molar-refractivity contribution in [1.82, 2.24) is 9.88 Å². The molecule has 1 aliphatic heterocycles. The van der Waals surface area contributed by atoms with Gasteiger partial charge in [-0.15, -0.1) is 0 Å². The summed E-state index contributed by atoms with van der Waals surface area (Å²) in [7, 11) is 0. The number of halogens is 3. The molecule has 1 saturated heterocycles. The molecule has 1 amide bonds. The van der Waals surface area contributed by atoms with E-state index < -0.39 is 18.1 Å². The van der Waals surface area contributed by atoms with Gasteiger partial charge in [-0.25, -0.2) is 4.79 Å². The molecule has 0 radical (unpaired) electrons. The molecule has 1 fully saturated rings. The normalized spacial score (nSPS) is 15.8. The van der Waals surface area contributed by atoms with Crippen LogP contribution in [0.4, 0.5) is 19.2 Å². The summed E-state index contributed by atoms with van der Waals surface area (Å²) in [5.74, 6) is -2.95. The molecule has 0 spiro atoms. The molecule has 0 saturated carbocycles. The number of alkyl halides is 3. The van der Waals surface area contributed by atoms with Gasteiger partial charge in [0.05, 0.1) is 5.56 Å². The van der Waals surface area contributed by atoms with Gasteiger partial charge in [0, 0.05) is 26.2 Å². The van der Waals surface area contributed by atoms with E-state index in [2.05, 4.69) is 4.98 Å². The number of hydrogen-bond donors (Lipinski definition) is 1. The van der Waals surface area contributed by atoms with Gasteiger partial charge < -0.3 is 19.3 Å². The summed E-state index contributed by atoms with van der Waals surface area (Å²) >= 11 is 0. The fraction of sp³-hybridized carbons (Fsp3) is 0.357. The minimum Gasteiger partial charge on any atom is -0.478 e. The Morgan fingerprint density at radius 1 is 1.17 bits per heavy atom. The van der Waals surface area contributed by atoms with Crippen LogP contribution in [0, 0.1) is 0 Å². The second-order valence-corrected chi connectivity index (χ2v) is 5.26. The van der Waals surface area contributed by atoms with E-state index in [-0.39, 0.29) is 37.8 Å². The molecule has 0 atom stereocenters. The highest BCUT2D eigenvalue weighted by Crippen LogP contribution is 2.25. The number of benzene rings is 1. The second-order valence-electron chi connectivity index (χ2n) is 5.26. The van der Waals surface area contributed by atoms with E-state index in [9.17, 15) is 22.8 Å². The Morgan fingerprint density at radius 3 is 2.42 bits per heavy atom. The van der Waals surface area contributed by atoms with Crippen molar-refractivity contribution in [2.75, 3.05) is 31.1 Å². The van der Waals surface area contributed by atoms with E-state index in [1.807, 2.05) is 0 Å². The summed E-state index contributed by atoms with van der Waals surface area (Å²) < 4.78 is 42.7. The smallest absolute Gasteiger partial charge is 0.471 e. The molecule has 7 nitrogen and oxygen atoms in total. The second kappa shape index (κ2) is 5.69. The molecule has 1 aromatic heterocycles. The van der Waals surface area contributed by atoms with E-state index in [4.69, 9.17) is 9.52 Å². The number of rotatable bonds is 2. The SMILES string of the molecule is O=C(O)c1ccc2oc(N3CCN(C(=O)C(F)(F)F)CC3)nc2c1. The third-order valence-electron chi connectivity index (χ3n) is 3.70. The van der Waals surface area contributed by atoms with Crippen LogP contribution in [0.2, 0.25) is 0 Å². The van der Waals surface area contributed by atoms with E-state index in [0.29, 0.717) is 11.1 Å². The van der Waals surface area contributed by atoms with Gasteiger partial charge in [-0.1, -0.05) is 0 Å². The van der Waals surface area contributed by atoms with Gasteiger partial charge in [-0.2, -0.15) is 18.2 Å². The van der Waals surface area contributed by atoms with Gasteiger partial charge in [0.25, 0.3) is 6.01 Å². The van der Waals surface area contributed by atoms with Crippen LogP contribution in [0.25, 0.3) is 11.1 Å². The van der Waals surface area contributed by atoms with Gasteiger partial charge in [-0.3, -0.25) is 4.79 Å². The standard InChI is InChI=1S/C14H12F3N3O4/c15-14(16,17)12(23)19-3-5-20(6-4-19)13-18-9-7-8(11(21)22)1-2-10(9)24-13/h1-2,7H,3-6H2,(H,21,22). The van der Waals surface area contributed by atoms with Gasteiger partial charge in [0.15, 0.2) is 5.58 Å². The van der Waals surface area contributed by atoms with Crippen molar-refractivity contribution in [3.63, 3.8) is 0 Å². The summed E-state index contributed by atoms with van der Waals surface area (Å²) in [6, 6.07) is 4.39. The Labute approximate surface area is 133 Å². The molecule has 0 bridgehead atoms. The van der Waals surface area contributed by atoms with Crippen molar-refractivity contribution in [2.45, 2.75) is 6.18 Å². The van der Waals surface area contributed by atoms with Crippen LogP contribution in [0.15, 0.2) is 22.6 Å². The predicted molar refractivity (Wildman–Crippen MR) is 75.8 cm³/mol. The van der Waals surface area contributed by atoms with Crippen molar-refractivity contribution >= 4 is 29.0 Å². The number of carbonyl (C=O) groups excluding carboxylic acids is 1. The molecule has 1 N–H and O–H groups in total. The number of anilines is 1. The Hall–Kier alpha value is -2.78. The molecule has 24 heavy (non-hydrogen) atoms. The number of carbonyl (C=O) groups is 2. The molecule has 2 heterocycles. The van der Waals surface area contributed by atoms with E-state index in [0.717, 1.165) is 4.90 Å². The zero-order valence-electron chi connectivity index (χ0n) is 12.2. The maximum Gasteiger partial charge on any atom is 0.471 e. The fourth-order valence-corrected chi connectivity index (χ4v) is 2.46. The van der Waals surface area contributed by atoms with Crippen LogP contribution in [0.5, 0.6) is 0 Å². The molecule has 2 aromatic rings. The summed E-state index contributed by atoms with van der Waals surface area (Å²) in [5.41, 5.74) is 0.783. The highest BCUT2D eigenvalue weighted by molar-refractivity contribution is 5.92. The van der Waals surface area contributed by atoms with Crippen LogP contribution in [-0.4, -0.2) is 59.2 Å². The van der Waals surface area contributed by atoms with Crippen molar-refractivity contribution < 1.29 is 32.3 Å². The number of fused-ring (bicyclic) bond motifs is 1. The Balaban J connectivity index is 1.74. The number of amides is 1. The summed E-state index contributed by atoms with van der Waals surface area (Å²) in [6.07, 6.45) is -4.88. The van der Waals surface area contributed by atoms with Crippen LogP contribution in [-0.2, 0) is 4.79 Å². The number of aromatic carboxylic acids is 1. The molecule has 0 aliphatic carbocycles. The largest absolute Gasteiger partial charge is 0.478 e. The first kappa shape index (κ1) is 16.1. The third-order valence-corrected chi connectivity index (χ3v) is 3.70. The Kier molecular flexibility index (Phi) is 3.82. The number of carboxylic acids is 1. The number of aromatic nitrogens is 1. The highest BCUT2D eigenvalue weighted by atomic mass is 19.4. The van der Waals surface area contributed by atoms with Crippen LogP contribution < -0.4 is 4.90 Å². The molecular weight excluding hydrogens is 331 g/mol. The number of hydrogen-bond acceptors (Lipinski definition) is 5. The van der Waals surface area contributed by atoms with Crippen molar-refractivity contribution in [1.29, 1.82) is 0 Å². The van der Waals surface area contributed by atoms with E-state index in [1.165, 1.54) is 18.2 Å². The van der Waals surface area contributed by atoms with Gasteiger partial charge in [-0.05, 0) is 18.2 Å². The predicted octanol–water partition coefficient (Wildman–Crippen LogP) is 1.74. The molecule has 10 heteroatoms. The van der Waals surface area contributed by atoms with Gasteiger partial charge in [0.1, 0.15) is 5.52 Å². The average molecular weight is 343 g/mol. The number of nitrogens with zero attached hydrogens (tertiary/aromatic N) is 3. The average Bonchev–Trinajstić information content (AvgIpc) is 2.96. The first-order valence-corrected chi connectivity index (χ1v) is 7.00. The Bertz CT molecular complexity index is 794. The lowest BCUT2D eigenvalue weighted by molar-refractivity contribution is -0.185. The topological polar surface area (TPSA) is 86.9 Å². The van der Waals surface area contributed by atoms with Crippen LogP contribution in [0.3, 0.4) is 0 Å². The molecule has 0 unspecified atom stereocenters. The minimum absolute atomic E-state index is 0.0583. The fourth-order valence-electron chi connectivity index (χ4n) is 2.46. The zero-order valence-corrected chi connectivity index (χ0v) is 12.2. The summed E-state index contributed by atoms with van der Waals surface area (Å²) in [4.78, 5) is 28.6. The molecular formula is C14H12F3N3O4. The lowest BCUT2D eigenvalue weighted by Crippen LogP contribution is -2.52. The first-order chi connectivity index (χ1) is 11.3. The minimum atomic E-state index is -4.88. The zero-order chi connectivity index (χ0) is 17.5. The maximum atomic E-state index is 12.4. The number of oxazole rings is 1. The van der Waals surface area contributed by atoms with Crippen molar-refractivity contribution in [3.8, 4) is 0 Å². The van der Waals surface area contributed by atoms with Crippen molar-refractivity contribution in [2.24, 2.45) is 0 Å². The monoisotopic (exact) mass is 343 g/mol. The summed E-state index contributed by atoms with van der Waals surface area (Å²) in [6.45, 7) is 0.0791. The van der Waals surface area contributed by atoms with Gasteiger partial charge >= 0.3 is 18.1 Å². The lowest BCUT2D eigenvalue weighted by atomic mass is 10.2. The van der Waals surface area contributed by atoms with Crippen molar-refractivity contribution in [3.05, 3.63) is 23.8 Å². The first-order valence-electron chi connectivity index (χ1n) is 7.00. The molecule has 3 rings (SSSR count). The van der Waals surface area contributed by atoms with Crippen LogP contribution in [0.1, 0.15) is 10.4 Å². The molecule has 1 aromatic carbocycles. The lowest BCUT2D eigenvalue weighted by Gasteiger charge is -2.34. The van der Waals surface area contributed by atoms with Gasteiger partial charge in [0.2, 0.25) is 0 Å². The Morgan fingerprint density at radius 2 is 1.83 bits per heavy atom. The van der Waals surface area contributed by atoms with Crippen LogP contribution >= 0.6 is 0 Å². The highest BCUT2D eigenvalue weighted by Gasteiger charge is 2.43. The third kappa shape index (κ3) is 2.99. The number of piperazine rings is 1. The van der Waals surface area contributed by atoms with E-state index in [1.54, 1.807) is 4.90 Å². The molecule has 128 valence electrons. The molecule has 1 aliphatic rings. The van der Waals surface area contributed by atoms with E-state index >= 15 is 0 Å². The summed E-state index contributed by atoms with van der Waals surface area (Å²) in [5, 5.41) is 8.95.